The van der Waals surface area contributed by atoms with Crippen LogP contribution in [-0.4, -0.2) is 37.7 Å². The topological polar surface area (TPSA) is 21.7 Å². The van der Waals surface area contributed by atoms with Gasteiger partial charge in [0.2, 0.25) is 0 Å². The first-order valence-electron chi connectivity index (χ1n) is 9.93. The fourth-order valence-electron chi connectivity index (χ4n) is 3.97. The van der Waals surface area contributed by atoms with Crippen LogP contribution in [0.1, 0.15) is 44.9 Å². The molecule has 0 aromatic heterocycles. The highest BCUT2D eigenvalue weighted by atomic mass is 16.5. The van der Waals surface area contributed by atoms with Crippen molar-refractivity contribution in [3.05, 3.63) is 36.9 Å². The molecule has 0 radical (unpaired) electrons. The van der Waals surface area contributed by atoms with Crippen molar-refractivity contribution >= 4 is 0 Å². The fourth-order valence-corrected chi connectivity index (χ4v) is 3.97. The number of nitrogens with zero attached hydrogens (tertiary/aromatic N) is 1. The molecule has 1 saturated heterocycles. The molecule has 2 saturated carbocycles. The average molecular weight is 344 g/mol. The molecule has 1 aliphatic heterocycles. The van der Waals surface area contributed by atoms with Gasteiger partial charge < -0.3 is 14.4 Å². The highest BCUT2D eigenvalue weighted by Crippen LogP contribution is 2.35. The van der Waals surface area contributed by atoms with Gasteiger partial charge in [0.25, 0.3) is 0 Å². The quantitative estimate of drug-likeness (QED) is 0.684. The molecule has 0 spiro atoms. The van der Waals surface area contributed by atoms with Crippen LogP contribution < -0.4 is 9.47 Å². The number of benzene rings is 1. The fraction of sp³-hybridized carbons (Fsp3) is 0.636. The van der Waals surface area contributed by atoms with E-state index in [1.165, 1.54) is 51.5 Å². The van der Waals surface area contributed by atoms with Crippen LogP contribution in [-0.2, 0) is 0 Å². The van der Waals surface area contributed by atoms with Gasteiger partial charge in [-0.3, -0.25) is 0 Å². The molecule has 0 N–H and O–H groups in total. The van der Waals surface area contributed by atoms with Gasteiger partial charge in [0.1, 0.15) is 6.61 Å². The summed E-state index contributed by atoms with van der Waals surface area (Å²) in [7, 11) is 2.29. The standard InChI is InChI=1S/C13H16O2.C9H17N/c1-2-9-14-12-5-3-4-6-13(12)15-10-11-7-8-11;1-10-7-6-8-4-2-3-5-9(8)10/h2-6,11H,1,7-10H2;8-9H,2-7H2,1H3. The smallest absolute Gasteiger partial charge is 0.161 e. The van der Waals surface area contributed by atoms with Crippen molar-refractivity contribution in [3.63, 3.8) is 0 Å². The Bertz CT molecular complexity index is 539. The lowest BCUT2D eigenvalue weighted by atomic mass is 9.85. The van der Waals surface area contributed by atoms with Crippen LogP contribution in [0, 0.1) is 11.8 Å². The van der Waals surface area contributed by atoms with E-state index in [0.29, 0.717) is 6.61 Å². The van der Waals surface area contributed by atoms with Gasteiger partial charge in [-0.2, -0.15) is 0 Å². The number of rotatable bonds is 6. The molecule has 3 aliphatic rings. The highest BCUT2D eigenvalue weighted by molar-refractivity contribution is 5.39. The Morgan fingerprint density at radius 3 is 2.44 bits per heavy atom. The van der Waals surface area contributed by atoms with E-state index in [2.05, 4.69) is 18.5 Å². The van der Waals surface area contributed by atoms with Crippen LogP contribution in [0.3, 0.4) is 0 Å². The first-order chi connectivity index (χ1) is 12.3. The first-order valence-corrected chi connectivity index (χ1v) is 9.93. The molecule has 3 heteroatoms. The van der Waals surface area contributed by atoms with Crippen LogP contribution in [0.4, 0.5) is 0 Å². The van der Waals surface area contributed by atoms with Crippen LogP contribution >= 0.6 is 0 Å². The normalized spacial score (nSPS) is 25.5. The number of fused-ring (bicyclic) bond motifs is 1. The minimum Gasteiger partial charge on any atom is -0.489 e. The summed E-state index contributed by atoms with van der Waals surface area (Å²) in [5.41, 5.74) is 0. The molecular weight excluding hydrogens is 310 g/mol. The van der Waals surface area contributed by atoms with E-state index in [0.717, 1.165) is 36.0 Å². The zero-order valence-corrected chi connectivity index (χ0v) is 15.7. The van der Waals surface area contributed by atoms with Gasteiger partial charge in [-0.25, -0.2) is 0 Å². The number of hydrogen-bond acceptors (Lipinski definition) is 3. The monoisotopic (exact) mass is 343 g/mol. The Labute approximate surface area is 153 Å². The lowest BCUT2D eigenvalue weighted by molar-refractivity contribution is 0.215. The van der Waals surface area contributed by atoms with Gasteiger partial charge in [0, 0.05) is 6.04 Å². The van der Waals surface area contributed by atoms with Crippen LogP contribution in [0.5, 0.6) is 11.5 Å². The maximum Gasteiger partial charge on any atom is 0.161 e. The first kappa shape index (κ1) is 18.3. The Hall–Kier alpha value is -1.48. The molecule has 1 heterocycles. The Morgan fingerprint density at radius 1 is 1.04 bits per heavy atom. The predicted octanol–water partition coefficient (Wildman–Crippen LogP) is 4.92. The second-order valence-corrected chi connectivity index (χ2v) is 7.68. The zero-order valence-electron chi connectivity index (χ0n) is 15.7. The molecule has 1 aromatic carbocycles. The van der Waals surface area contributed by atoms with Crippen LogP contribution in [0.15, 0.2) is 36.9 Å². The summed E-state index contributed by atoms with van der Waals surface area (Å²) in [6.45, 7) is 6.31. The molecule has 2 aliphatic carbocycles. The van der Waals surface area contributed by atoms with Crippen molar-refractivity contribution in [2.24, 2.45) is 11.8 Å². The van der Waals surface area contributed by atoms with Crippen molar-refractivity contribution < 1.29 is 9.47 Å². The van der Waals surface area contributed by atoms with E-state index in [1.807, 2.05) is 24.3 Å². The van der Waals surface area contributed by atoms with E-state index in [-0.39, 0.29) is 0 Å². The minimum absolute atomic E-state index is 0.518. The summed E-state index contributed by atoms with van der Waals surface area (Å²) in [5, 5.41) is 0. The lowest BCUT2D eigenvalue weighted by Gasteiger charge is -2.28. The van der Waals surface area contributed by atoms with E-state index in [4.69, 9.17) is 9.47 Å². The summed E-state index contributed by atoms with van der Waals surface area (Å²) >= 11 is 0. The molecule has 0 bridgehead atoms. The molecule has 4 rings (SSSR count). The van der Waals surface area contributed by atoms with Gasteiger partial charge in [-0.1, -0.05) is 37.6 Å². The van der Waals surface area contributed by atoms with Crippen molar-refractivity contribution in [2.45, 2.75) is 51.0 Å². The molecule has 2 unspecified atom stereocenters. The van der Waals surface area contributed by atoms with Crippen LogP contribution in [0.2, 0.25) is 0 Å². The van der Waals surface area contributed by atoms with Crippen molar-refractivity contribution in [1.29, 1.82) is 0 Å². The maximum atomic E-state index is 5.70. The third-order valence-electron chi connectivity index (χ3n) is 5.67. The number of ether oxygens (including phenoxy) is 2. The summed E-state index contributed by atoms with van der Waals surface area (Å²) in [4.78, 5) is 2.56. The molecule has 0 amide bonds. The van der Waals surface area contributed by atoms with Gasteiger partial charge in [-0.15, -0.1) is 0 Å². The molecule has 25 heavy (non-hydrogen) atoms. The summed E-state index contributed by atoms with van der Waals surface area (Å²) < 4.78 is 11.2. The van der Waals surface area contributed by atoms with Crippen molar-refractivity contribution in [1.82, 2.24) is 4.90 Å². The Morgan fingerprint density at radius 2 is 1.76 bits per heavy atom. The second-order valence-electron chi connectivity index (χ2n) is 7.68. The molecule has 2 atom stereocenters. The Balaban J connectivity index is 0.000000157. The highest BCUT2D eigenvalue weighted by Gasteiger charge is 2.32. The number of para-hydroxylation sites is 2. The van der Waals surface area contributed by atoms with E-state index in [1.54, 1.807) is 6.08 Å². The third-order valence-corrected chi connectivity index (χ3v) is 5.67. The Kier molecular flexibility index (Phi) is 6.80. The molecule has 3 nitrogen and oxygen atoms in total. The summed E-state index contributed by atoms with van der Waals surface area (Å²) in [5.74, 6) is 3.47. The second kappa shape index (κ2) is 9.28. The maximum absolute atomic E-state index is 5.70. The largest absolute Gasteiger partial charge is 0.489 e. The van der Waals surface area contributed by atoms with Crippen molar-refractivity contribution in [2.75, 3.05) is 26.8 Å². The van der Waals surface area contributed by atoms with Gasteiger partial charge in [0.15, 0.2) is 11.5 Å². The van der Waals surface area contributed by atoms with Gasteiger partial charge >= 0.3 is 0 Å². The SMILES string of the molecule is C=CCOc1ccccc1OCC1CC1.CN1CCC2CCCCC21. The van der Waals surface area contributed by atoms with Gasteiger partial charge in [0.05, 0.1) is 6.61 Å². The summed E-state index contributed by atoms with van der Waals surface area (Å²) in [6.07, 6.45) is 11.8. The average Bonchev–Trinajstić information content (AvgIpc) is 3.42. The van der Waals surface area contributed by atoms with Crippen molar-refractivity contribution in [3.8, 4) is 11.5 Å². The zero-order chi connectivity index (χ0) is 17.5. The van der Waals surface area contributed by atoms with E-state index in [9.17, 15) is 0 Å². The number of likely N-dealkylation sites (tertiary alicyclic amines) is 1. The minimum atomic E-state index is 0.518. The van der Waals surface area contributed by atoms with E-state index >= 15 is 0 Å². The molecule has 3 fully saturated rings. The molecule has 138 valence electrons. The van der Waals surface area contributed by atoms with Gasteiger partial charge in [-0.05, 0) is 69.7 Å². The predicted molar refractivity (Wildman–Crippen MR) is 103 cm³/mol. The lowest BCUT2D eigenvalue weighted by Crippen LogP contribution is -2.31. The number of hydrogen-bond donors (Lipinski definition) is 0. The molecular formula is C22H33NO2. The summed E-state index contributed by atoms with van der Waals surface area (Å²) in [6, 6.07) is 8.74. The molecule has 1 aromatic rings. The third kappa shape index (κ3) is 5.50. The van der Waals surface area contributed by atoms with E-state index < -0.39 is 0 Å². The van der Waals surface area contributed by atoms with Crippen LogP contribution in [0.25, 0.3) is 0 Å².